The minimum absolute atomic E-state index is 0.734. The van der Waals surface area contributed by atoms with Gasteiger partial charge in [-0.25, -0.2) is 9.97 Å². The van der Waals surface area contributed by atoms with Gasteiger partial charge >= 0.3 is 0 Å². The van der Waals surface area contributed by atoms with Crippen LogP contribution in [0.15, 0.2) is 34.8 Å². The first kappa shape index (κ1) is 10.7. The molecule has 3 rings (SSSR count). The van der Waals surface area contributed by atoms with E-state index in [4.69, 9.17) is 0 Å². The normalized spacial score (nSPS) is 15.1. The van der Waals surface area contributed by atoms with Gasteiger partial charge in [0, 0.05) is 18.8 Å². The molecule has 1 fully saturated rings. The van der Waals surface area contributed by atoms with Gasteiger partial charge in [-0.1, -0.05) is 6.07 Å². The van der Waals surface area contributed by atoms with Crippen molar-refractivity contribution in [2.45, 2.75) is 35.6 Å². The highest BCUT2D eigenvalue weighted by molar-refractivity contribution is 7.99. The summed E-state index contributed by atoms with van der Waals surface area (Å²) < 4.78 is 0. The van der Waals surface area contributed by atoms with Crippen molar-refractivity contribution in [1.82, 2.24) is 25.5 Å². The summed E-state index contributed by atoms with van der Waals surface area (Å²) in [5, 5.41) is 11.8. The Labute approximate surface area is 103 Å². The lowest BCUT2D eigenvalue weighted by Crippen LogP contribution is -2.15. The average molecular weight is 247 g/mol. The van der Waals surface area contributed by atoms with Crippen molar-refractivity contribution in [3.8, 4) is 0 Å². The molecule has 0 radical (unpaired) electrons. The van der Waals surface area contributed by atoms with Crippen LogP contribution in [0.3, 0.4) is 0 Å². The zero-order valence-corrected chi connectivity index (χ0v) is 10.1. The molecule has 2 heterocycles. The van der Waals surface area contributed by atoms with E-state index < -0.39 is 0 Å². The van der Waals surface area contributed by atoms with Crippen LogP contribution >= 0.6 is 11.8 Å². The largest absolute Gasteiger partial charge is 0.310 e. The van der Waals surface area contributed by atoms with E-state index in [-0.39, 0.29) is 0 Å². The summed E-state index contributed by atoms with van der Waals surface area (Å²) in [5.41, 5.74) is 1.22. The van der Waals surface area contributed by atoms with Gasteiger partial charge in [0.1, 0.15) is 11.4 Å². The van der Waals surface area contributed by atoms with Crippen LogP contribution < -0.4 is 5.32 Å². The number of rotatable bonds is 5. The summed E-state index contributed by atoms with van der Waals surface area (Å²) in [7, 11) is 0. The molecule has 6 heteroatoms. The van der Waals surface area contributed by atoms with E-state index in [1.165, 1.54) is 36.5 Å². The van der Waals surface area contributed by atoms with E-state index in [1.54, 1.807) is 0 Å². The number of hydrogen-bond acceptors (Lipinski definition) is 5. The lowest BCUT2D eigenvalue weighted by molar-refractivity contribution is 0.685. The maximum Gasteiger partial charge on any atom is 0.189 e. The second-order valence-electron chi connectivity index (χ2n) is 4.05. The number of nitrogens with one attached hydrogen (secondary N) is 2. The summed E-state index contributed by atoms with van der Waals surface area (Å²) in [6.07, 6.45) is 6.03. The third-order valence-corrected chi connectivity index (χ3v) is 3.40. The van der Waals surface area contributed by atoms with Crippen molar-refractivity contribution in [2.75, 3.05) is 0 Å². The van der Waals surface area contributed by atoms with Crippen LogP contribution in [0.1, 0.15) is 18.4 Å². The average Bonchev–Trinajstić information content (AvgIpc) is 3.05. The fourth-order valence-corrected chi connectivity index (χ4v) is 2.11. The molecule has 2 N–H and O–H groups in total. The van der Waals surface area contributed by atoms with Crippen molar-refractivity contribution in [3.05, 3.63) is 30.2 Å². The summed E-state index contributed by atoms with van der Waals surface area (Å²) >= 11 is 1.48. The SMILES string of the molecule is c1n[nH]c(Sc2ccc(CNC3CC3)cn2)n1. The molecule has 0 amide bonds. The Bertz CT molecular complexity index is 463. The molecule has 0 bridgehead atoms. The van der Waals surface area contributed by atoms with Crippen LogP contribution in [0.5, 0.6) is 0 Å². The van der Waals surface area contributed by atoms with E-state index >= 15 is 0 Å². The molecule has 88 valence electrons. The maximum atomic E-state index is 4.39. The fourth-order valence-electron chi connectivity index (χ4n) is 1.47. The Hall–Kier alpha value is -1.40. The first-order valence-electron chi connectivity index (χ1n) is 5.62. The Morgan fingerprint density at radius 1 is 1.35 bits per heavy atom. The van der Waals surface area contributed by atoms with Crippen molar-refractivity contribution < 1.29 is 0 Å². The summed E-state index contributed by atoms with van der Waals surface area (Å²) in [6, 6.07) is 4.84. The third kappa shape index (κ3) is 3.04. The third-order valence-electron chi connectivity index (χ3n) is 2.56. The second-order valence-corrected chi connectivity index (χ2v) is 5.06. The smallest absolute Gasteiger partial charge is 0.189 e. The molecule has 1 aliphatic rings. The molecule has 0 unspecified atom stereocenters. The first-order valence-corrected chi connectivity index (χ1v) is 6.43. The number of aromatic nitrogens is 4. The van der Waals surface area contributed by atoms with Crippen molar-refractivity contribution in [3.63, 3.8) is 0 Å². The van der Waals surface area contributed by atoms with Gasteiger partial charge in [-0.3, -0.25) is 5.10 Å². The molecule has 1 aliphatic carbocycles. The van der Waals surface area contributed by atoms with Gasteiger partial charge in [0.15, 0.2) is 5.16 Å². The van der Waals surface area contributed by atoms with E-state index in [0.29, 0.717) is 0 Å². The summed E-state index contributed by atoms with van der Waals surface area (Å²) in [4.78, 5) is 8.43. The molecule has 5 nitrogen and oxygen atoms in total. The minimum atomic E-state index is 0.734. The van der Waals surface area contributed by atoms with Crippen molar-refractivity contribution >= 4 is 11.8 Å². The predicted octanol–water partition coefficient (Wildman–Crippen LogP) is 1.60. The van der Waals surface area contributed by atoms with E-state index in [2.05, 4.69) is 31.5 Å². The van der Waals surface area contributed by atoms with E-state index in [9.17, 15) is 0 Å². The molecule has 17 heavy (non-hydrogen) atoms. The van der Waals surface area contributed by atoms with Crippen LogP contribution in [0, 0.1) is 0 Å². The lowest BCUT2D eigenvalue weighted by atomic mass is 10.3. The minimum Gasteiger partial charge on any atom is -0.310 e. The zero-order valence-electron chi connectivity index (χ0n) is 9.26. The van der Waals surface area contributed by atoms with Gasteiger partial charge < -0.3 is 5.32 Å². The van der Waals surface area contributed by atoms with Gasteiger partial charge in [0.2, 0.25) is 0 Å². The number of aromatic amines is 1. The number of pyridine rings is 1. The zero-order chi connectivity index (χ0) is 11.5. The highest BCUT2D eigenvalue weighted by Gasteiger charge is 2.19. The molecule has 1 saturated carbocycles. The van der Waals surface area contributed by atoms with E-state index in [0.717, 1.165) is 22.8 Å². The predicted molar refractivity (Wildman–Crippen MR) is 64.6 cm³/mol. The molecule has 2 aromatic heterocycles. The molecule has 2 aromatic rings. The molecular weight excluding hydrogens is 234 g/mol. The number of nitrogens with zero attached hydrogens (tertiary/aromatic N) is 3. The van der Waals surface area contributed by atoms with Crippen LogP contribution in [-0.2, 0) is 6.54 Å². The van der Waals surface area contributed by atoms with Crippen LogP contribution in [0.25, 0.3) is 0 Å². The maximum absolute atomic E-state index is 4.39. The molecule has 0 aromatic carbocycles. The van der Waals surface area contributed by atoms with Gasteiger partial charge in [0.25, 0.3) is 0 Å². The molecular formula is C11H13N5S. The Balaban J connectivity index is 1.58. The Morgan fingerprint density at radius 3 is 2.94 bits per heavy atom. The number of hydrogen-bond donors (Lipinski definition) is 2. The van der Waals surface area contributed by atoms with Gasteiger partial charge in [-0.05, 0) is 36.2 Å². The van der Waals surface area contributed by atoms with Gasteiger partial charge in [0.05, 0.1) is 0 Å². The standard InChI is InChI=1S/C11H13N5S/c1-4-10(17-11-14-7-15-16-11)13-6-8(1)5-12-9-2-3-9/h1,4,6-7,9,12H,2-3,5H2,(H,14,15,16). The molecule has 0 spiro atoms. The van der Waals surface area contributed by atoms with Gasteiger partial charge in [-0.15, -0.1) is 0 Å². The number of H-pyrrole nitrogens is 1. The first-order chi connectivity index (χ1) is 8.40. The molecule has 0 aliphatic heterocycles. The van der Waals surface area contributed by atoms with E-state index in [1.807, 2.05) is 12.3 Å². The highest BCUT2D eigenvalue weighted by Crippen LogP contribution is 2.22. The monoisotopic (exact) mass is 247 g/mol. The van der Waals surface area contributed by atoms with Crippen LogP contribution in [0.4, 0.5) is 0 Å². The quantitative estimate of drug-likeness (QED) is 0.840. The molecule has 0 saturated heterocycles. The lowest BCUT2D eigenvalue weighted by Gasteiger charge is -2.03. The van der Waals surface area contributed by atoms with Crippen LogP contribution in [-0.4, -0.2) is 26.2 Å². The Kier molecular flexibility index (Phi) is 3.06. The van der Waals surface area contributed by atoms with Crippen molar-refractivity contribution in [2.24, 2.45) is 0 Å². The van der Waals surface area contributed by atoms with Crippen LogP contribution in [0.2, 0.25) is 0 Å². The van der Waals surface area contributed by atoms with Gasteiger partial charge in [-0.2, -0.15) is 5.10 Å². The summed E-state index contributed by atoms with van der Waals surface area (Å²) in [5.74, 6) is 0. The highest BCUT2D eigenvalue weighted by atomic mass is 32.2. The fraction of sp³-hybridized carbons (Fsp3) is 0.364. The van der Waals surface area contributed by atoms with Crippen molar-refractivity contribution in [1.29, 1.82) is 0 Å². The second kappa shape index (κ2) is 4.85. The summed E-state index contributed by atoms with van der Waals surface area (Å²) in [6.45, 7) is 0.908. The Morgan fingerprint density at radius 2 is 2.29 bits per heavy atom. The molecule has 0 atom stereocenters. The topological polar surface area (TPSA) is 66.5 Å².